The Morgan fingerprint density at radius 1 is 1.03 bits per heavy atom. The van der Waals surface area contributed by atoms with Crippen LogP contribution in [0.5, 0.6) is 5.75 Å². The molecule has 3 aromatic rings. The van der Waals surface area contributed by atoms with Gasteiger partial charge in [0, 0.05) is 23.5 Å². The van der Waals surface area contributed by atoms with Crippen molar-refractivity contribution in [2.75, 3.05) is 13.7 Å². The minimum atomic E-state index is -0.557. The number of aromatic nitrogens is 1. The van der Waals surface area contributed by atoms with Gasteiger partial charge < -0.3 is 18.5 Å². The number of aryl methyl sites for hydroxylation is 3. The maximum atomic E-state index is 12.6. The SMILES string of the molecule is COc1ccc(CCn2c(C)cc(C(=O)COC(=O)c3ccoc3C)c2C)cc1. The number of carbonyl (C=O) groups is 2. The molecule has 0 radical (unpaired) electrons. The van der Waals surface area contributed by atoms with E-state index in [-0.39, 0.29) is 12.4 Å². The number of benzene rings is 1. The lowest BCUT2D eigenvalue weighted by atomic mass is 10.1. The van der Waals surface area contributed by atoms with E-state index >= 15 is 0 Å². The predicted octanol–water partition coefficient (Wildman–Crippen LogP) is 4.30. The van der Waals surface area contributed by atoms with Gasteiger partial charge in [0.25, 0.3) is 0 Å². The van der Waals surface area contributed by atoms with Gasteiger partial charge in [0.05, 0.1) is 13.4 Å². The Labute approximate surface area is 170 Å². The summed E-state index contributed by atoms with van der Waals surface area (Å²) in [5.41, 5.74) is 3.97. The average molecular weight is 395 g/mol. The van der Waals surface area contributed by atoms with Crippen molar-refractivity contribution < 1.29 is 23.5 Å². The van der Waals surface area contributed by atoms with E-state index < -0.39 is 5.97 Å². The van der Waals surface area contributed by atoms with Gasteiger partial charge in [-0.3, -0.25) is 4.79 Å². The molecule has 0 atom stereocenters. The molecule has 2 heterocycles. The van der Waals surface area contributed by atoms with Crippen molar-refractivity contribution in [3.63, 3.8) is 0 Å². The summed E-state index contributed by atoms with van der Waals surface area (Å²) in [5, 5.41) is 0. The third kappa shape index (κ3) is 4.59. The van der Waals surface area contributed by atoms with Gasteiger partial charge in [-0.15, -0.1) is 0 Å². The normalized spacial score (nSPS) is 10.8. The summed E-state index contributed by atoms with van der Waals surface area (Å²) in [7, 11) is 1.65. The first-order chi connectivity index (χ1) is 13.9. The minimum Gasteiger partial charge on any atom is -0.497 e. The number of furan rings is 1. The van der Waals surface area contributed by atoms with Crippen LogP contribution in [0.2, 0.25) is 0 Å². The number of methoxy groups -OCH3 is 1. The highest BCUT2D eigenvalue weighted by atomic mass is 16.5. The smallest absolute Gasteiger partial charge is 0.342 e. The van der Waals surface area contributed by atoms with E-state index in [0.717, 1.165) is 30.1 Å². The van der Waals surface area contributed by atoms with Crippen LogP contribution in [0.3, 0.4) is 0 Å². The number of ketones is 1. The van der Waals surface area contributed by atoms with Crippen LogP contribution in [0.4, 0.5) is 0 Å². The summed E-state index contributed by atoms with van der Waals surface area (Å²) < 4.78 is 17.6. The summed E-state index contributed by atoms with van der Waals surface area (Å²) in [6.07, 6.45) is 2.26. The van der Waals surface area contributed by atoms with Crippen LogP contribution < -0.4 is 4.74 Å². The van der Waals surface area contributed by atoms with Gasteiger partial charge in [-0.25, -0.2) is 4.79 Å². The summed E-state index contributed by atoms with van der Waals surface area (Å²) in [5.74, 6) is 0.524. The number of hydrogen-bond donors (Lipinski definition) is 0. The highest BCUT2D eigenvalue weighted by Crippen LogP contribution is 2.19. The molecule has 0 saturated carbocycles. The first-order valence-corrected chi connectivity index (χ1v) is 9.44. The largest absolute Gasteiger partial charge is 0.497 e. The van der Waals surface area contributed by atoms with Gasteiger partial charge in [0.1, 0.15) is 17.1 Å². The fourth-order valence-corrected chi connectivity index (χ4v) is 3.34. The van der Waals surface area contributed by atoms with Crippen molar-refractivity contribution >= 4 is 11.8 Å². The molecule has 0 saturated heterocycles. The van der Waals surface area contributed by atoms with Crippen LogP contribution in [-0.2, 0) is 17.7 Å². The zero-order chi connectivity index (χ0) is 21.0. The maximum absolute atomic E-state index is 12.6. The Hall–Kier alpha value is -3.28. The molecule has 3 rings (SSSR count). The van der Waals surface area contributed by atoms with Gasteiger partial charge in [-0.2, -0.15) is 0 Å². The second-order valence-corrected chi connectivity index (χ2v) is 6.92. The second-order valence-electron chi connectivity index (χ2n) is 6.92. The van der Waals surface area contributed by atoms with Crippen molar-refractivity contribution in [2.24, 2.45) is 0 Å². The molecule has 1 aromatic carbocycles. The molecular weight excluding hydrogens is 370 g/mol. The van der Waals surface area contributed by atoms with E-state index in [1.165, 1.54) is 17.9 Å². The maximum Gasteiger partial charge on any atom is 0.342 e. The van der Waals surface area contributed by atoms with Crippen LogP contribution in [0.15, 0.2) is 47.1 Å². The second kappa shape index (κ2) is 8.82. The molecule has 29 heavy (non-hydrogen) atoms. The van der Waals surface area contributed by atoms with Gasteiger partial charge >= 0.3 is 5.97 Å². The quantitative estimate of drug-likeness (QED) is 0.420. The number of nitrogens with zero attached hydrogens (tertiary/aromatic N) is 1. The van der Waals surface area contributed by atoms with Crippen molar-refractivity contribution in [3.05, 3.63) is 76.5 Å². The van der Waals surface area contributed by atoms with Crippen molar-refractivity contribution in [1.29, 1.82) is 0 Å². The van der Waals surface area contributed by atoms with E-state index in [9.17, 15) is 9.59 Å². The molecule has 0 fully saturated rings. The van der Waals surface area contributed by atoms with Gasteiger partial charge in [0.15, 0.2) is 6.61 Å². The number of ether oxygens (including phenoxy) is 2. The molecule has 0 spiro atoms. The summed E-state index contributed by atoms with van der Waals surface area (Å²) >= 11 is 0. The highest BCUT2D eigenvalue weighted by Gasteiger charge is 2.19. The fraction of sp³-hybridized carbons (Fsp3) is 0.304. The highest BCUT2D eigenvalue weighted by molar-refractivity contribution is 6.00. The molecule has 0 aliphatic heterocycles. The Kier molecular flexibility index (Phi) is 6.22. The van der Waals surface area contributed by atoms with Crippen LogP contribution in [0, 0.1) is 20.8 Å². The van der Waals surface area contributed by atoms with E-state index in [1.807, 2.05) is 44.2 Å². The summed E-state index contributed by atoms with van der Waals surface area (Å²) in [4.78, 5) is 24.7. The van der Waals surface area contributed by atoms with Crippen LogP contribution >= 0.6 is 0 Å². The van der Waals surface area contributed by atoms with E-state index in [2.05, 4.69) is 4.57 Å². The minimum absolute atomic E-state index is 0.219. The van der Waals surface area contributed by atoms with Gasteiger partial charge in [-0.1, -0.05) is 12.1 Å². The number of carbonyl (C=O) groups excluding carboxylic acids is 2. The van der Waals surface area contributed by atoms with Gasteiger partial charge in [-0.05, 0) is 57.0 Å². The van der Waals surface area contributed by atoms with E-state index in [0.29, 0.717) is 16.9 Å². The number of rotatable bonds is 8. The molecule has 0 aliphatic rings. The molecule has 6 heteroatoms. The first-order valence-electron chi connectivity index (χ1n) is 9.44. The molecule has 152 valence electrons. The number of Topliss-reactive ketones (excluding diaryl/α,β-unsaturated/α-hetero) is 1. The Morgan fingerprint density at radius 2 is 1.76 bits per heavy atom. The van der Waals surface area contributed by atoms with Crippen LogP contribution in [0.1, 0.15) is 43.4 Å². The van der Waals surface area contributed by atoms with E-state index in [4.69, 9.17) is 13.9 Å². The molecule has 6 nitrogen and oxygen atoms in total. The Balaban J connectivity index is 1.63. The van der Waals surface area contributed by atoms with Gasteiger partial charge in [0.2, 0.25) is 5.78 Å². The lowest BCUT2D eigenvalue weighted by Crippen LogP contribution is -2.15. The van der Waals surface area contributed by atoms with Crippen molar-refractivity contribution in [3.8, 4) is 5.75 Å². The number of hydrogen-bond acceptors (Lipinski definition) is 5. The Bertz CT molecular complexity index is 1010. The lowest BCUT2D eigenvalue weighted by Gasteiger charge is -2.10. The average Bonchev–Trinajstić information content (AvgIpc) is 3.27. The molecule has 0 unspecified atom stereocenters. The zero-order valence-electron chi connectivity index (χ0n) is 17.2. The molecule has 0 aliphatic carbocycles. The molecule has 0 bridgehead atoms. The summed E-state index contributed by atoms with van der Waals surface area (Å²) in [6, 6.07) is 11.3. The molecular formula is C23H25NO5. The first kappa shape index (κ1) is 20.5. The zero-order valence-corrected chi connectivity index (χ0v) is 17.2. The predicted molar refractivity (Wildman–Crippen MR) is 109 cm³/mol. The topological polar surface area (TPSA) is 70.7 Å². The fourth-order valence-electron chi connectivity index (χ4n) is 3.34. The van der Waals surface area contributed by atoms with Crippen LogP contribution in [0.25, 0.3) is 0 Å². The molecule has 2 aromatic heterocycles. The third-order valence-electron chi connectivity index (χ3n) is 5.07. The van der Waals surface area contributed by atoms with Crippen molar-refractivity contribution in [1.82, 2.24) is 4.57 Å². The van der Waals surface area contributed by atoms with E-state index in [1.54, 1.807) is 14.0 Å². The Morgan fingerprint density at radius 3 is 2.38 bits per heavy atom. The molecule has 0 N–H and O–H groups in total. The van der Waals surface area contributed by atoms with Crippen LogP contribution in [-0.4, -0.2) is 30.0 Å². The molecule has 0 amide bonds. The monoisotopic (exact) mass is 395 g/mol. The number of esters is 1. The van der Waals surface area contributed by atoms with Crippen molar-refractivity contribution in [2.45, 2.75) is 33.7 Å². The third-order valence-corrected chi connectivity index (χ3v) is 5.07. The standard InChI is InChI=1S/C23H25NO5/c1-15-13-21(22(25)14-29-23(26)20-10-12-28-17(20)3)16(2)24(15)11-9-18-5-7-19(27-4)8-6-18/h5-8,10,12-13H,9,11,14H2,1-4H3. The lowest BCUT2D eigenvalue weighted by molar-refractivity contribution is 0.0472. The summed E-state index contributed by atoms with van der Waals surface area (Å²) in [6.45, 7) is 6.02.